The van der Waals surface area contributed by atoms with E-state index in [1.807, 2.05) is 37.3 Å². The monoisotopic (exact) mass is 263 g/mol. The van der Waals surface area contributed by atoms with Gasteiger partial charge in [0.25, 0.3) is 0 Å². The second-order valence-corrected chi connectivity index (χ2v) is 4.34. The molecule has 0 atom stereocenters. The smallest absolute Gasteiger partial charge is 0.246 e. The maximum absolute atomic E-state index is 11.4. The van der Waals surface area contributed by atoms with Crippen molar-refractivity contribution in [3.8, 4) is 0 Å². The molecule has 0 heterocycles. The van der Waals surface area contributed by atoms with Crippen molar-refractivity contribution < 1.29 is 14.3 Å². The van der Waals surface area contributed by atoms with Crippen LogP contribution in [0.4, 0.5) is 0 Å². The molecular formula is C15H21NO3. The summed E-state index contributed by atoms with van der Waals surface area (Å²) in [5.41, 5.74) is 2.03. The van der Waals surface area contributed by atoms with Crippen molar-refractivity contribution in [3.63, 3.8) is 0 Å². The van der Waals surface area contributed by atoms with E-state index in [0.717, 1.165) is 11.1 Å². The summed E-state index contributed by atoms with van der Waals surface area (Å²) in [6, 6.07) is 9.75. The number of rotatable bonds is 9. The Morgan fingerprint density at radius 2 is 1.95 bits per heavy atom. The molecule has 1 aromatic carbocycles. The van der Waals surface area contributed by atoms with Crippen molar-refractivity contribution in [1.29, 1.82) is 0 Å². The zero-order chi connectivity index (χ0) is 13.9. The zero-order valence-electron chi connectivity index (χ0n) is 11.4. The van der Waals surface area contributed by atoms with E-state index in [0.29, 0.717) is 26.4 Å². The second kappa shape index (κ2) is 9.30. The zero-order valence-corrected chi connectivity index (χ0v) is 11.4. The van der Waals surface area contributed by atoms with Gasteiger partial charge in [-0.2, -0.15) is 0 Å². The highest BCUT2D eigenvalue weighted by molar-refractivity contribution is 5.77. The number of carbonyl (C=O) groups excluding carboxylic acids is 1. The van der Waals surface area contributed by atoms with Crippen LogP contribution < -0.4 is 5.32 Å². The Labute approximate surface area is 114 Å². The molecule has 1 rings (SSSR count). The van der Waals surface area contributed by atoms with Gasteiger partial charge in [0.05, 0.1) is 19.8 Å². The van der Waals surface area contributed by atoms with E-state index in [1.165, 1.54) is 0 Å². The quantitative estimate of drug-likeness (QED) is 0.547. The van der Waals surface area contributed by atoms with Gasteiger partial charge >= 0.3 is 0 Å². The number of hydrogen-bond donors (Lipinski definition) is 1. The SMILES string of the molecule is C=C(C)COCCNC(=O)COCc1ccccc1. The van der Waals surface area contributed by atoms with Crippen LogP contribution >= 0.6 is 0 Å². The minimum absolute atomic E-state index is 0.0649. The third kappa shape index (κ3) is 8.13. The Kier molecular flexibility index (Phi) is 7.54. The number of ether oxygens (including phenoxy) is 2. The van der Waals surface area contributed by atoms with Crippen molar-refractivity contribution in [3.05, 3.63) is 48.0 Å². The van der Waals surface area contributed by atoms with Crippen LogP contribution in [0.25, 0.3) is 0 Å². The van der Waals surface area contributed by atoms with E-state index in [4.69, 9.17) is 9.47 Å². The minimum atomic E-state index is -0.130. The molecule has 4 heteroatoms. The lowest BCUT2D eigenvalue weighted by atomic mass is 10.2. The van der Waals surface area contributed by atoms with Crippen molar-refractivity contribution in [2.45, 2.75) is 13.5 Å². The normalized spacial score (nSPS) is 10.2. The first kappa shape index (κ1) is 15.4. The second-order valence-electron chi connectivity index (χ2n) is 4.34. The maximum Gasteiger partial charge on any atom is 0.246 e. The highest BCUT2D eigenvalue weighted by atomic mass is 16.5. The molecule has 0 radical (unpaired) electrons. The molecule has 0 aromatic heterocycles. The van der Waals surface area contributed by atoms with Gasteiger partial charge in [0.1, 0.15) is 6.61 Å². The van der Waals surface area contributed by atoms with E-state index < -0.39 is 0 Å². The number of amides is 1. The van der Waals surface area contributed by atoms with Crippen LogP contribution in [0.3, 0.4) is 0 Å². The fraction of sp³-hybridized carbons (Fsp3) is 0.400. The first-order valence-electron chi connectivity index (χ1n) is 6.29. The Hall–Kier alpha value is -1.65. The Morgan fingerprint density at radius 3 is 2.63 bits per heavy atom. The first-order chi connectivity index (χ1) is 9.18. The molecule has 0 saturated heterocycles. The van der Waals surface area contributed by atoms with Gasteiger partial charge in [-0.05, 0) is 12.5 Å². The predicted molar refractivity (Wildman–Crippen MR) is 74.7 cm³/mol. The third-order valence-electron chi connectivity index (χ3n) is 2.26. The standard InChI is InChI=1S/C15H21NO3/c1-13(2)10-18-9-8-16-15(17)12-19-11-14-6-4-3-5-7-14/h3-7H,1,8-12H2,2H3,(H,16,17). The average molecular weight is 263 g/mol. The molecule has 0 aliphatic carbocycles. The summed E-state index contributed by atoms with van der Waals surface area (Å²) in [5.74, 6) is -0.130. The van der Waals surface area contributed by atoms with Gasteiger partial charge < -0.3 is 14.8 Å². The molecular weight excluding hydrogens is 242 g/mol. The van der Waals surface area contributed by atoms with Gasteiger partial charge in [0.15, 0.2) is 0 Å². The molecule has 0 fully saturated rings. The van der Waals surface area contributed by atoms with Crippen molar-refractivity contribution in [2.24, 2.45) is 0 Å². The topological polar surface area (TPSA) is 47.6 Å². The van der Waals surface area contributed by atoms with Crippen LogP contribution in [0.1, 0.15) is 12.5 Å². The lowest BCUT2D eigenvalue weighted by Gasteiger charge is -2.07. The fourth-order valence-electron chi connectivity index (χ4n) is 1.40. The summed E-state index contributed by atoms with van der Waals surface area (Å²) < 4.78 is 10.6. The highest BCUT2D eigenvalue weighted by Gasteiger charge is 2.00. The molecule has 104 valence electrons. The summed E-state index contributed by atoms with van der Waals surface area (Å²) in [4.78, 5) is 11.4. The Bertz CT molecular complexity index is 390. The first-order valence-corrected chi connectivity index (χ1v) is 6.29. The summed E-state index contributed by atoms with van der Waals surface area (Å²) in [6.07, 6.45) is 0. The molecule has 0 aliphatic rings. The molecule has 0 bridgehead atoms. The molecule has 1 aromatic rings. The van der Waals surface area contributed by atoms with Gasteiger partial charge in [-0.15, -0.1) is 0 Å². The van der Waals surface area contributed by atoms with Crippen LogP contribution in [-0.2, 0) is 20.9 Å². The molecule has 0 aliphatic heterocycles. The largest absolute Gasteiger partial charge is 0.375 e. The van der Waals surface area contributed by atoms with E-state index in [9.17, 15) is 4.79 Å². The van der Waals surface area contributed by atoms with E-state index in [2.05, 4.69) is 11.9 Å². The Balaban J connectivity index is 2.01. The van der Waals surface area contributed by atoms with E-state index >= 15 is 0 Å². The lowest BCUT2D eigenvalue weighted by molar-refractivity contribution is -0.126. The van der Waals surface area contributed by atoms with Crippen LogP contribution in [0.2, 0.25) is 0 Å². The molecule has 19 heavy (non-hydrogen) atoms. The van der Waals surface area contributed by atoms with Crippen molar-refractivity contribution >= 4 is 5.91 Å². The van der Waals surface area contributed by atoms with Gasteiger partial charge in [-0.1, -0.05) is 42.5 Å². The van der Waals surface area contributed by atoms with E-state index in [-0.39, 0.29) is 12.5 Å². The van der Waals surface area contributed by atoms with Gasteiger partial charge in [0, 0.05) is 6.54 Å². The molecule has 0 spiro atoms. The Morgan fingerprint density at radius 1 is 1.21 bits per heavy atom. The molecule has 1 N–H and O–H groups in total. The summed E-state index contributed by atoms with van der Waals surface area (Å²) >= 11 is 0. The predicted octanol–water partition coefficient (Wildman–Crippen LogP) is 1.91. The van der Waals surface area contributed by atoms with Crippen LogP contribution in [0.5, 0.6) is 0 Å². The molecule has 1 amide bonds. The van der Waals surface area contributed by atoms with E-state index in [1.54, 1.807) is 0 Å². The van der Waals surface area contributed by atoms with Gasteiger partial charge in [-0.3, -0.25) is 4.79 Å². The van der Waals surface area contributed by atoms with Crippen LogP contribution in [0, 0.1) is 0 Å². The number of nitrogens with one attached hydrogen (secondary N) is 1. The van der Waals surface area contributed by atoms with Gasteiger partial charge in [-0.25, -0.2) is 0 Å². The molecule has 4 nitrogen and oxygen atoms in total. The van der Waals surface area contributed by atoms with Gasteiger partial charge in [0.2, 0.25) is 5.91 Å². The number of carbonyl (C=O) groups is 1. The summed E-state index contributed by atoms with van der Waals surface area (Å²) in [6.45, 7) is 7.63. The molecule has 0 saturated carbocycles. The number of hydrogen-bond acceptors (Lipinski definition) is 3. The summed E-state index contributed by atoms with van der Waals surface area (Å²) in [5, 5.41) is 2.72. The average Bonchev–Trinajstić information content (AvgIpc) is 2.39. The third-order valence-corrected chi connectivity index (χ3v) is 2.26. The van der Waals surface area contributed by atoms with Crippen LogP contribution in [0.15, 0.2) is 42.5 Å². The maximum atomic E-state index is 11.4. The van der Waals surface area contributed by atoms with Crippen LogP contribution in [-0.4, -0.2) is 32.3 Å². The minimum Gasteiger partial charge on any atom is -0.375 e. The lowest BCUT2D eigenvalue weighted by Crippen LogP contribution is -2.30. The summed E-state index contributed by atoms with van der Waals surface area (Å²) in [7, 11) is 0. The fourth-order valence-corrected chi connectivity index (χ4v) is 1.40. The number of benzene rings is 1. The molecule has 0 unspecified atom stereocenters. The van der Waals surface area contributed by atoms with Crippen molar-refractivity contribution in [2.75, 3.05) is 26.4 Å². The van der Waals surface area contributed by atoms with Crippen molar-refractivity contribution in [1.82, 2.24) is 5.32 Å². The highest BCUT2D eigenvalue weighted by Crippen LogP contribution is 1.99.